The van der Waals surface area contributed by atoms with Gasteiger partial charge in [0, 0.05) is 22.1 Å². The summed E-state index contributed by atoms with van der Waals surface area (Å²) in [5, 5.41) is 0. The van der Waals surface area contributed by atoms with Gasteiger partial charge in [-0.05, 0) is 28.1 Å². The SMILES string of the molecule is COc1ccc(C(N)CSC(C)(C)C)c(OC)c1Br. The van der Waals surface area contributed by atoms with Crippen LogP contribution in [0.3, 0.4) is 0 Å². The zero-order valence-corrected chi connectivity index (χ0v) is 14.5. The molecule has 0 saturated heterocycles. The normalized spacial score (nSPS) is 13.2. The van der Waals surface area contributed by atoms with Crippen LogP contribution < -0.4 is 15.2 Å². The Hall–Kier alpha value is -0.390. The molecule has 1 aromatic carbocycles. The molecule has 3 nitrogen and oxygen atoms in total. The number of thioether (sulfide) groups is 1. The summed E-state index contributed by atoms with van der Waals surface area (Å²) in [6.45, 7) is 6.56. The second-order valence-electron chi connectivity index (χ2n) is 5.23. The number of nitrogens with two attached hydrogens (primary N) is 1. The van der Waals surface area contributed by atoms with Crippen LogP contribution in [-0.4, -0.2) is 24.7 Å². The second kappa shape index (κ2) is 6.86. The molecule has 0 aliphatic heterocycles. The van der Waals surface area contributed by atoms with Crippen molar-refractivity contribution >= 4 is 27.7 Å². The van der Waals surface area contributed by atoms with Crippen molar-refractivity contribution in [2.24, 2.45) is 5.73 Å². The topological polar surface area (TPSA) is 44.5 Å². The Kier molecular flexibility index (Phi) is 6.02. The summed E-state index contributed by atoms with van der Waals surface area (Å²) in [5.74, 6) is 2.34. The van der Waals surface area contributed by atoms with E-state index in [2.05, 4.69) is 36.7 Å². The molecule has 0 aliphatic carbocycles. The van der Waals surface area contributed by atoms with Crippen molar-refractivity contribution in [2.75, 3.05) is 20.0 Å². The monoisotopic (exact) mass is 347 g/mol. The third-order valence-electron chi connectivity index (χ3n) is 2.61. The molecule has 1 atom stereocenters. The van der Waals surface area contributed by atoms with E-state index in [0.29, 0.717) is 0 Å². The summed E-state index contributed by atoms with van der Waals surface area (Å²) in [6.07, 6.45) is 0. The van der Waals surface area contributed by atoms with Crippen molar-refractivity contribution in [3.8, 4) is 11.5 Å². The molecule has 0 aromatic heterocycles. The van der Waals surface area contributed by atoms with Crippen molar-refractivity contribution in [1.82, 2.24) is 0 Å². The molecule has 0 spiro atoms. The molecule has 0 bridgehead atoms. The summed E-state index contributed by atoms with van der Waals surface area (Å²) >= 11 is 5.34. The Bertz CT molecular complexity index is 432. The van der Waals surface area contributed by atoms with Gasteiger partial charge >= 0.3 is 0 Å². The molecule has 1 rings (SSSR count). The highest BCUT2D eigenvalue weighted by Gasteiger charge is 2.20. The number of halogens is 1. The maximum Gasteiger partial charge on any atom is 0.141 e. The van der Waals surface area contributed by atoms with Crippen LogP contribution in [0.25, 0.3) is 0 Å². The predicted molar refractivity (Wildman–Crippen MR) is 86.4 cm³/mol. The van der Waals surface area contributed by atoms with E-state index in [1.54, 1.807) is 14.2 Å². The van der Waals surface area contributed by atoms with Crippen LogP contribution >= 0.6 is 27.7 Å². The van der Waals surface area contributed by atoms with Crippen LogP contribution in [0.4, 0.5) is 0 Å². The maximum absolute atomic E-state index is 6.28. The van der Waals surface area contributed by atoms with Gasteiger partial charge in [0.05, 0.1) is 14.2 Å². The molecular weight excluding hydrogens is 326 g/mol. The highest BCUT2D eigenvalue weighted by Crippen LogP contribution is 2.40. The standard InChI is InChI=1S/C14H22BrNO2S/c1-14(2,3)19-8-10(16)9-6-7-11(17-4)12(15)13(9)18-5/h6-7,10H,8,16H2,1-5H3. The third-order valence-corrected chi connectivity index (χ3v) is 4.75. The zero-order valence-electron chi connectivity index (χ0n) is 12.1. The van der Waals surface area contributed by atoms with Crippen LogP contribution in [0, 0.1) is 0 Å². The van der Waals surface area contributed by atoms with E-state index in [-0.39, 0.29) is 10.8 Å². The van der Waals surface area contributed by atoms with Crippen LogP contribution in [-0.2, 0) is 0 Å². The molecule has 0 heterocycles. The molecule has 19 heavy (non-hydrogen) atoms. The minimum absolute atomic E-state index is 0.0682. The van der Waals surface area contributed by atoms with Gasteiger partial charge < -0.3 is 15.2 Å². The summed E-state index contributed by atoms with van der Waals surface area (Å²) < 4.78 is 11.7. The van der Waals surface area contributed by atoms with E-state index in [4.69, 9.17) is 15.2 Å². The van der Waals surface area contributed by atoms with E-state index >= 15 is 0 Å². The van der Waals surface area contributed by atoms with E-state index in [0.717, 1.165) is 27.3 Å². The molecule has 2 N–H and O–H groups in total. The lowest BCUT2D eigenvalue weighted by atomic mass is 10.1. The Morgan fingerprint density at radius 3 is 2.37 bits per heavy atom. The van der Waals surface area contributed by atoms with Gasteiger partial charge in [-0.25, -0.2) is 0 Å². The average molecular weight is 348 g/mol. The van der Waals surface area contributed by atoms with Crippen LogP contribution in [0.15, 0.2) is 16.6 Å². The first kappa shape index (κ1) is 16.7. The van der Waals surface area contributed by atoms with E-state index in [9.17, 15) is 0 Å². The van der Waals surface area contributed by atoms with Crippen molar-refractivity contribution in [2.45, 2.75) is 31.6 Å². The van der Waals surface area contributed by atoms with Gasteiger partial charge in [-0.2, -0.15) is 11.8 Å². The number of ether oxygens (including phenoxy) is 2. The van der Waals surface area contributed by atoms with Crippen molar-refractivity contribution in [1.29, 1.82) is 0 Å². The summed E-state index contributed by atoms with van der Waals surface area (Å²) in [5.41, 5.74) is 7.27. The fraction of sp³-hybridized carbons (Fsp3) is 0.571. The molecule has 0 radical (unpaired) electrons. The average Bonchev–Trinajstić information content (AvgIpc) is 2.34. The first-order valence-electron chi connectivity index (χ1n) is 6.10. The highest BCUT2D eigenvalue weighted by atomic mass is 79.9. The molecule has 5 heteroatoms. The zero-order chi connectivity index (χ0) is 14.6. The Morgan fingerprint density at radius 1 is 1.26 bits per heavy atom. The minimum atomic E-state index is -0.0682. The first-order valence-corrected chi connectivity index (χ1v) is 7.88. The summed E-state index contributed by atoms with van der Waals surface area (Å²) in [4.78, 5) is 0. The molecule has 0 aliphatic rings. The molecule has 0 amide bonds. The number of benzene rings is 1. The lowest BCUT2D eigenvalue weighted by Gasteiger charge is -2.22. The van der Waals surface area contributed by atoms with Crippen molar-refractivity contribution in [3.63, 3.8) is 0 Å². The van der Waals surface area contributed by atoms with Crippen LogP contribution in [0.5, 0.6) is 11.5 Å². The lowest BCUT2D eigenvalue weighted by molar-refractivity contribution is 0.384. The fourth-order valence-electron chi connectivity index (χ4n) is 1.64. The molecule has 0 fully saturated rings. The van der Waals surface area contributed by atoms with Crippen molar-refractivity contribution < 1.29 is 9.47 Å². The maximum atomic E-state index is 6.28. The molecule has 1 unspecified atom stereocenters. The number of hydrogen-bond acceptors (Lipinski definition) is 4. The van der Waals surface area contributed by atoms with Gasteiger partial charge in [0.1, 0.15) is 16.0 Å². The molecular formula is C14H22BrNO2S. The van der Waals surface area contributed by atoms with Crippen molar-refractivity contribution in [3.05, 3.63) is 22.2 Å². The fourth-order valence-corrected chi connectivity index (χ4v) is 3.18. The smallest absolute Gasteiger partial charge is 0.141 e. The van der Waals surface area contributed by atoms with E-state index in [1.807, 2.05) is 23.9 Å². The van der Waals surface area contributed by atoms with Crippen LogP contribution in [0.1, 0.15) is 32.4 Å². The largest absolute Gasteiger partial charge is 0.495 e. The van der Waals surface area contributed by atoms with Gasteiger partial charge in [0.2, 0.25) is 0 Å². The Morgan fingerprint density at radius 2 is 1.89 bits per heavy atom. The number of hydrogen-bond donors (Lipinski definition) is 1. The van der Waals surface area contributed by atoms with Gasteiger partial charge in [0.25, 0.3) is 0 Å². The second-order valence-corrected chi connectivity index (χ2v) is 7.87. The van der Waals surface area contributed by atoms with Gasteiger partial charge in [0.15, 0.2) is 0 Å². The summed E-state index contributed by atoms with van der Waals surface area (Å²) in [6, 6.07) is 3.81. The van der Waals surface area contributed by atoms with Crippen LogP contribution in [0.2, 0.25) is 0 Å². The Balaban J connectivity index is 2.97. The van der Waals surface area contributed by atoms with Gasteiger partial charge in [-0.3, -0.25) is 0 Å². The first-order chi connectivity index (χ1) is 8.80. The van der Waals surface area contributed by atoms with Gasteiger partial charge in [-0.1, -0.05) is 20.8 Å². The molecule has 1 aromatic rings. The lowest BCUT2D eigenvalue weighted by Crippen LogP contribution is -2.18. The highest BCUT2D eigenvalue weighted by molar-refractivity contribution is 9.10. The summed E-state index contributed by atoms with van der Waals surface area (Å²) in [7, 11) is 3.28. The molecule has 108 valence electrons. The quantitative estimate of drug-likeness (QED) is 0.874. The number of methoxy groups -OCH3 is 2. The predicted octanol–water partition coefficient (Wildman–Crippen LogP) is 4.00. The van der Waals surface area contributed by atoms with E-state index in [1.165, 1.54) is 0 Å². The molecule has 0 saturated carbocycles. The minimum Gasteiger partial charge on any atom is -0.495 e. The van der Waals surface area contributed by atoms with Gasteiger partial charge in [-0.15, -0.1) is 0 Å². The van der Waals surface area contributed by atoms with E-state index < -0.39 is 0 Å². The third kappa shape index (κ3) is 4.58. The number of rotatable bonds is 5. The Labute approximate surface area is 128 Å².